The largest absolute Gasteiger partial charge is 0.388 e. The lowest BCUT2D eigenvalue weighted by molar-refractivity contribution is 0.0899. The minimum atomic E-state index is -0.601. The molecule has 2 N–H and O–H groups in total. The van der Waals surface area contributed by atoms with Gasteiger partial charge in [-0.15, -0.1) is 0 Å². The summed E-state index contributed by atoms with van der Waals surface area (Å²) in [6.07, 6.45) is 8.51. The first kappa shape index (κ1) is 12.6. The highest BCUT2D eigenvalue weighted by Gasteiger charge is 2.34. The molecule has 0 bridgehead atoms. The number of allylic oxidation sites excluding steroid dienone is 2. The third kappa shape index (κ3) is 2.22. The number of carbonyl (C=O) groups is 1. The van der Waals surface area contributed by atoms with Gasteiger partial charge < -0.3 is 10.6 Å². The van der Waals surface area contributed by atoms with Crippen LogP contribution in [0.5, 0.6) is 0 Å². The van der Waals surface area contributed by atoms with E-state index in [1.54, 1.807) is 0 Å². The predicted octanol–water partition coefficient (Wildman–Crippen LogP) is 2.39. The van der Waals surface area contributed by atoms with Crippen molar-refractivity contribution in [3.63, 3.8) is 0 Å². The summed E-state index contributed by atoms with van der Waals surface area (Å²) in [6.45, 7) is 0. The van der Waals surface area contributed by atoms with Crippen molar-refractivity contribution in [3.8, 4) is 0 Å². The molecule has 0 aromatic heterocycles. The molecule has 1 aliphatic rings. The molecule has 0 heterocycles. The fourth-order valence-electron chi connectivity index (χ4n) is 2.13. The molecule has 0 amide bonds. The second-order valence-electron chi connectivity index (χ2n) is 4.37. The van der Waals surface area contributed by atoms with Crippen molar-refractivity contribution in [2.75, 3.05) is 19.4 Å². The number of carbonyl (C=O) groups excluding carboxylic acids is 1. The predicted molar refractivity (Wildman–Crippen MR) is 75.0 cm³/mol. The lowest BCUT2D eigenvalue weighted by Gasteiger charge is -2.29. The van der Waals surface area contributed by atoms with Crippen LogP contribution < -0.4 is 10.6 Å². The van der Waals surface area contributed by atoms with Gasteiger partial charge in [-0.25, -0.2) is 0 Å². The first-order valence-corrected chi connectivity index (χ1v) is 6.08. The maximum Gasteiger partial charge on any atom is 0.187 e. The highest BCUT2D eigenvalue weighted by molar-refractivity contribution is 6.05. The van der Waals surface area contributed by atoms with Crippen LogP contribution in [0, 0.1) is 0 Å². The Morgan fingerprint density at radius 1 is 1.17 bits per heavy atom. The summed E-state index contributed by atoms with van der Waals surface area (Å²) >= 11 is 0. The van der Waals surface area contributed by atoms with Crippen LogP contribution in [0.2, 0.25) is 0 Å². The van der Waals surface area contributed by atoms with E-state index in [0.29, 0.717) is 6.42 Å². The van der Waals surface area contributed by atoms with E-state index in [4.69, 9.17) is 0 Å². The van der Waals surface area contributed by atoms with E-state index in [1.165, 1.54) is 0 Å². The monoisotopic (exact) mass is 242 g/mol. The van der Waals surface area contributed by atoms with Gasteiger partial charge in [-0.2, -0.15) is 0 Å². The zero-order valence-electron chi connectivity index (χ0n) is 10.7. The van der Waals surface area contributed by atoms with Gasteiger partial charge in [0.05, 0.1) is 0 Å². The van der Waals surface area contributed by atoms with Crippen molar-refractivity contribution in [1.29, 1.82) is 0 Å². The van der Waals surface area contributed by atoms with Gasteiger partial charge >= 0.3 is 0 Å². The average Bonchev–Trinajstić information content (AvgIpc) is 2.47. The summed E-state index contributed by atoms with van der Waals surface area (Å²) in [4.78, 5) is 12.6. The smallest absolute Gasteiger partial charge is 0.187 e. The molecule has 1 atom stereocenters. The number of benzene rings is 1. The van der Waals surface area contributed by atoms with Gasteiger partial charge in [-0.3, -0.25) is 4.79 Å². The first-order chi connectivity index (χ1) is 8.72. The van der Waals surface area contributed by atoms with E-state index < -0.39 is 5.54 Å². The topological polar surface area (TPSA) is 41.1 Å². The molecule has 0 radical (unpaired) electrons. The third-order valence-electron chi connectivity index (χ3n) is 3.35. The highest BCUT2D eigenvalue weighted by Crippen LogP contribution is 2.23. The Kier molecular flexibility index (Phi) is 3.63. The Hall–Kier alpha value is -1.87. The molecular formula is C15H18N2O. The summed E-state index contributed by atoms with van der Waals surface area (Å²) in [6, 6.07) is 7.55. The first-order valence-electron chi connectivity index (χ1n) is 6.08. The maximum absolute atomic E-state index is 12.6. The normalized spacial score (nSPS) is 21.9. The molecule has 0 saturated heterocycles. The van der Waals surface area contributed by atoms with Crippen LogP contribution in [-0.4, -0.2) is 25.4 Å². The van der Waals surface area contributed by atoms with E-state index in [2.05, 4.69) is 10.6 Å². The maximum atomic E-state index is 12.6. The molecule has 3 heteroatoms. The van der Waals surface area contributed by atoms with Crippen LogP contribution in [0.4, 0.5) is 5.69 Å². The second kappa shape index (κ2) is 5.19. The molecule has 0 spiro atoms. The van der Waals surface area contributed by atoms with Crippen molar-refractivity contribution in [1.82, 2.24) is 5.32 Å². The molecule has 1 aromatic rings. The number of Topliss-reactive ketones (excluding diaryl/α,β-unsaturated/α-hetero) is 1. The molecule has 0 fully saturated rings. The number of likely N-dealkylation sites (N-methyl/N-ethyl adjacent to an activating group) is 1. The fourth-order valence-corrected chi connectivity index (χ4v) is 2.13. The van der Waals surface area contributed by atoms with E-state index in [1.807, 2.05) is 62.7 Å². The molecule has 18 heavy (non-hydrogen) atoms. The number of anilines is 1. The van der Waals surface area contributed by atoms with Crippen LogP contribution in [-0.2, 0) is 0 Å². The van der Waals surface area contributed by atoms with E-state index in [-0.39, 0.29) is 5.78 Å². The van der Waals surface area contributed by atoms with E-state index in [0.717, 1.165) is 11.3 Å². The quantitative estimate of drug-likeness (QED) is 0.796. The van der Waals surface area contributed by atoms with Crippen LogP contribution in [0.25, 0.3) is 0 Å². The summed E-state index contributed by atoms with van der Waals surface area (Å²) in [5.74, 6) is 0.105. The minimum absolute atomic E-state index is 0.105. The molecule has 1 unspecified atom stereocenters. The zero-order valence-corrected chi connectivity index (χ0v) is 10.7. The summed E-state index contributed by atoms with van der Waals surface area (Å²) in [5, 5.41) is 6.19. The average molecular weight is 242 g/mol. The van der Waals surface area contributed by atoms with Crippen LogP contribution >= 0.6 is 0 Å². The number of rotatable bonds is 4. The Morgan fingerprint density at radius 2 is 1.89 bits per heavy atom. The lowest BCUT2D eigenvalue weighted by Crippen LogP contribution is -2.48. The molecule has 2 rings (SSSR count). The van der Waals surface area contributed by atoms with Gasteiger partial charge in [0.25, 0.3) is 0 Å². The molecule has 0 aliphatic heterocycles. The van der Waals surface area contributed by atoms with Gasteiger partial charge in [0.1, 0.15) is 5.54 Å². The summed E-state index contributed by atoms with van der Waals surface area (Å²) in [5.41, 5.74) is 1.13. The third-order valence-corrected chi connectivity index (χ3v) is 3.35. The Bertz CT molecular complexity index is 488. The molecule has 0 saturated carbocycles. The van der Waals surface area contributed by atoms with Crippen molar-refractivity contribution >= 4 is 11.5 Å². The Balaban J connectivity index is 2.28. The van der Waals surface area contributed by atoms with Crippen LogP contribution in [0.1, 0.15) is 16.8 Å². The number of nitrogens with one attached hydrogen (secondary N) is 2. The van der Waals surface area contributed by atoms with Crippen molar-refractivity contribution in [2.24, 2.45) is 0 Å². The molecular weight excluding hydrogens is 224 g/mol. The highest BCUT2D eigenvalue weighted by atomic mass is 16.1. The number of hydrogen-bond acceptors (Lipinski definition) is 3. The summed E-state index contributed by atoms with van der Waals surface area (Å²) in [7, 11) is 3.68. The van der Waals surface area contributed by atoms with Gasteiger partial charge in [0, 0.05) is 18.3 Å². The summed E-state index contributed by atoms with van der Waals surface area (Å²) < 4.78 is 0. The molecule has 94 valence electrons. The van der Waals surface area contributed by atoms with E-state index >= 15 is 0 Å². The number of hydrogen-bond donors (Lipinski definition) is 2. The van der Waals surface area contributed by atoms with Gasteiger partial charge in [0.2, 0.25) is 0 Å². The van der Waals surface area contributed by atoms with Gasteiger partial charge in [-0.05, 0) is 37.7 Å². The lowest BCUT2D eigenvalue weighted by atomic mass is 9.83. The van der Waals surface area contributed by atoms with Crippen molar-refractivity contribution in [2.45, 2.75) is 12.0 Å². The SMILES string of the molecule is CNc1ccc(C(=O)C2(NC)C=CC=CC2)cc1. The molecule has 1 aliphatic carbocycles. The zero-order chi connectivity index (χ0) is 13.0. The molecule has 1 aromatic carbocycles. The van der Waals surface area contributed by atoms with Crippen LogP contribution in [0.15, 0.2) is 48.6 Å². The minimum Gasteiger partial charge on any atom is -0.388 e. The second-order valence-corrected chi connectivity index (χ2v) is 4.37. The molecule has 3 nitrogen and oxygen atoms in total. The Labute approximate surface area is 108 Å². The Morgan fingerprint density at radius 3 is 2.39 bits per heavy atom. The standard InChI is InChI=1S/C15H18N2O/c1-16-13-8-6-12(7-9-13)14(18)15(17-2)10-4-3-5-11-15/h3-10,16-17H,11H2,1-2H3. The fraction of sp³-hybridized carbons (Fsp3) is 0.267. The van der Waals surface area contributed by atoms with E-state index in [9.17, 15) is 4.79 Å². The van der Waals surface area contributed by atoms with Gasteiger partial charge in [0.15, 0.2) is 5.78 Å². The number of ketones is 1. The van der Waals surface area contributed by atoms with Crippen molar-refractivity contribution in [3.05, 3.63) is 54.1 Å². The van der Waals surface area contributed by atoms with Crippen molar-refractivity contribution < 1.29 is 4.79 Å². The van der Waals surface area contributed by atoms with Crippen LogP contribution in [0.3, 0.4) is 0 Å². The van der Waals surface area contributed by atoms with Gasteiger partial charge in [-0.1, -0.05) is 24.3 Å².